The van der Waals surface area contributed by atoms with E-state index in [1.807, 2.05) is 68.4 Å². The highest BCUT2D eigenvalue weighted by Gasteiger charge is 2.79. The number of esters is 2. The Labute approximate surface area is 165 Å². The average Bonchev–Trinajstić information content (AvgIpc) is 3.22. The highest BCUT2D eigenvalue weighted by atomic mass is 16.5. The average molecular weight is 382 g/mol. The maximum atomic E-state index is 12.6. The molecule has 1 saturated carbocycles. The summed E-state index contributed by atoms with van der Waals surface area (Å²) in [6, 6.07) is 17.6. The molecule has 3 rings (SSSR count). The third kappa shape index (κ3) is 3.37. The van der Waals surface area contributed by atoms with Crippen molar-refractivity contribution in [3.8, 4) is 5.75 Å². The number of ether oxygens (including phenoxy) is 3. The topological polar surface area (TPSA) is 61.8 Å². The molecule has 2 atom stereocenters. The van der Waals surface area contributed by atoms with Gasteiger partial charge >= 0.3 is 11.9 Å². The summed E-state index contributed by atoms with van der Waals surface area (Å²) < 4.78 is 15.8. The Bertz CT molecular complexity index is 841. The van der Waals surface area contributed by atoms with E-state index in [-0.39, 0.29) is 11.9 Å². The van der Waals surface area contributed by atoms with Crippen LogP contribution in [0.4, 0.5) is 0 Å². The molecule has 1 fully saturated rings. The van der Waals surface area contributed by atoms with Crippen molar-refractivity contribution < 1.29 is 23.8 Å². The van der Waals surface area contributed by atoms with Crippen molar-refractivity contribution in [2.45, 2.75) is 26.9 Å². The van der Waals surface area contributed by atoms with Crippen molar-refractivity contribution in [1.82, 2.24) is 0 Å². The number of hydrogen-bond donors (Lipinski definition) is 0. The van der Waals surface area contributed by atoms with Gasteiger partial charge in [0.05, 0.1) is 25.6 Å². The second-order valence-corrected chi connectivity index (χ2v) is 7.74. The van der Waals surface area contributed by atoms with Gasteiger partial charge in [-0.3, -0.25) is 9.59 Å². The van der Waals surface area contributed by atoms with Crippen molar-refractivity contribution in [3.63, 3.8) is 0 Å². The van der Waals surface area contributed by atoms with Crippen LogP contribution in [0.1, 0.15) is 25.0 Å². The molecule has 5 heteroatoms. The Hall–Kier alpha value is -2.82. The standard InChI is InChI=1S/C23H26O5/c1-22(2)19(20(24)26-3)23(22,21(25)27-4)14-16-10-12-18(13-11-16)28-15-17-8-6-5-7-9-17/h5-13,19H,14-15H2,1-4H3/t19-,23-/m0/s1. The van der Waals surface area contributed by atoms with E-state index in [2.05, 4.69) is 0 Å². The molecule has 0 saturated heterocycles. The van der Waals surface area contributed by atoms with Gasteiger partial charge in [0.2, 0.25) is 0 Å². The lowest BCUT2D eigenvalue weighted by Crippen LogP contribution is -2.27. The third-order valence-electron chi connectivity index (χ3n) is 5.92. The van der Waals surface area contributed by atoms with E-state index in [1.54, 1.807) is 0 Å². The van der Waals surface area contributed by atoms with E-state index in [9.17, 15) is 9.59 Å². The molecule has 148 valence electrons. The molecular formula is C23H26O5. The molecule has 0 aromatic heterocycles. The fraction of sp³-hybridized carbons (Fsp3) is 0.391. The molecule has 0 heterocycles. The van der Waals surface area contributed by atoms with Crippen molar-refractivity contribution in [1.29, 1.82) is 0 Å². The maximum Gasteiger partial charge on any atom is 0.313 e. The number of carbonyl (C=O) groups excluding carboxylic acids is 2. The van der Waals surface area contributed by atoms with Crippen LogP contribution in [-0.2, 0) is 32.1 Å². The lowest BCUT2D eigenvalue weighted by Gasteiger charge is -2.18. The van der Waals surface area contributed by atoms with Crippen LogP contribution in [0.25, 0.3) is 0 Å². The SMILES string of the molecule is COC(=O)[C@H]1C(C)(C)[C@]1(Cc1ccc(OCc2ccccc2)cc1)C(=O)OC. The number of hydrogen-bond acceptors (Lipinski definition) is 5. The molecule has 0 amide bonds. The van der Waals surface area contributed by atoms with E-state index in [0.717, 1.165) is 16.9 Å². The molecule has 0 spiro atoms. The van der Waals surface area contributed by atoms with Gasteiger partial charge in [-0.25, -0.2) is 0 Å². The Balaban J connectivity index is 1.74. The third-order valence-corrected chi connectivity index (χ3v) is 5.92. The molecule has 2 aromatic rings. The first-order valence-electron chi connectivity index (χ1n) is 9.28. The summed E-state index contributed by atoms with van der Waals surface area (Å²) in [4.78, 5) is 24.9. The van der Waals surface area contributed by atoms with Gasteiger partial charge in [-0.2, -0.15) is 0 Å². The molecule has 0 unspecified atom stereocenters. The maximum absolute atomic E-state index is 12.6. The number of carbonyl (C=O) groups is 2. The molecular weight excluding hydrogens is 356 g/mol. The van der Waals surface area contributed by atoms with Crippen LogP contribution >= 0.6 is 0 Å². The molecule has 5 nitrogen and oxygen atoms in total. The summed E-state index contributed by atoms with van der Waals surface area (Å²) in [6.45, 7) is 4.30. The van der Waals surface area contributed by atoms with Gasteiger partial charge in [0.1, 0.15) is 12.4 Å². The van der Waals surface area contributed by atoms with Gasteiger partial charge in [-0.1, -0.05) is 56.3 Å². The van der Waals surface area contributed by atoms with Crippen LogP contribution < -0.4 is 4.74 Å². The minimum absolute atomic E-state index is 0.377. The minimum atomic E-state index is -0.915. The number of methoxy groups -OCH3 is 2. The predicted octanol–water partition coefficient (Wildman–Crippen LogP) is 3.80. The van der Waals surface area contributed by atoms with Gasteiger partial charge in [0, 0.05) is 0 Å². The largest absolute Gasteiger partial charge is 0.489 e. The summed E-state index contributed by atoms with van der Waals surface area (Å²) in [5.41, 5.74) is 0.588. The molecule has 2 aromatic carbocycles. The van der Waals surface area contributed by atoms with Gasteiger partial charge < -0.3 is 14.2 Å². The second-order valence-electron chi connectivity index (χ2n) is 7.74. The fourth-order valence-electron chi connectivity index (χ4n) is 4.20. The van der Waals surface area contributed by atoms with E-state index in [4.69, 9.17) is 14.2 Å². The van der Waals surface area contributed by atoms with Crippen LogP contribution in [0, 0.1) is 16.7 Å². The normalized spacial score (nSPS) is 22.2. The predicted molar refractivity (Wildman–Crippen MR) is 105 cm³/mol. The van der Waals surface area contributed by atoms with Crippen molar-refractivity contribution in [2.24, 2.45) is 16.7 Å². The number of benzene rings is 2. The molecule has 1 aliphatic carbocycles. The van der Waals surface area contributed by atoms with Crippen LogP contribution in [0.2, 0.25) is 0 Å². The molecule has 0 N–H and O–H groups in total. The zero-order chi connectivity index (χ0) is 20.4. The lowest BCUT2D eigenvalue weighted by molar-refractivity contribution is -0.153. The van der Waals surface area contributed by atoms with Crippen LogP contribution in [0.5, 0.6) is 5.75 Å². The smallest absolute Gasteiger partial charge is 0.313 e. The van der Waals surface area contributed by atoms with Crippen molar-refractivity contribution in [3.05, 3.63) is 65.7 Å². The highest BCUT2D eigenvalue weighted by Crippen LogP contribution is 2.71. The Morgan fingerprint density at radius 3 is 2.11 bits per heavy atom. The quantitative estimate of drug-likeness (QED) is 0.682. The first-order valence-corrected chi connectivity index (χ1v) is 9.28. The van der Waals surface area contributed by atoms with E-state index in [1.165, 1.54) is 14.2 Å². The molecule has 0 bridgehead atoms. The zero-order valence-corrected chi connectivity index (χ0v) is 16.7. The summed E-state index contributed by atoms with van der Waals surface area (Å²) in [6.07, 6.45) is 0.408. The summed E-state index contributed by atoms with van der Waals surface area (Å²) in [7, 11) is 2.70. The first-order chi connectivity index (χ1) is 13.4. The van der Waals surface area contributed by atoms with Crippen molar-refractivity contribution >= 4 is 11.9 Å². The molecule has 1 aliphatic rings. The number of rotatable bonds is 7. The molecule has 0 radical (unpaired) electrons. The first kappa shape index (κ1) is 19.9. The summed E-state index contributed by atoms with van der Waals surface area (Å²) in [5, 5.41) is 0. The monoisotopic (exact) mass is 382 g/mol. The molecule has 0 aliphatic heterocycles. The van der Waals surface area contributed by atoms with Crippen LogP contribution in [0.3, 0.4) is 0 Å². The highest BCUT2D eigenvalue weighted by molar-refractivity contribution is 5.93. The zero-order valence-electron chi connectivity index (χ0n) is 16.7. The Morgan fingerprint density at radius 1 is 0.893 bits per heavy atom. The molecule has 28 heavy (non-hydrogen) atoms. The van der Waals surface area contributed by atoms with E-state index >= 15 is 0 Å². The van der Waals surface area contributed by atoms with E-state index in [0.29, 0.717) is 13.0 Å². The minimum Gasteiger partial charge on any atom is -0.489 e. The second kappa shape index (κ2) is 7.66. The van der Waals surface area contributed by atoms with Crippen molar-refractivity contribution in [2.75, 3.05) is 14.2 Å². The van der Waals surface area contributed by atoms with E-state index < -0.39 is 16.7 Å². The summed E-state index contributed by atoms with van der Waals surface area (Å²) >= 11 is 0. The van der Waals surface area contributed by atoms with Gasteiger partial charge in [-0.15, -0.1) is 0 Å². The van der Waals surface area contributed by atoms with Gasteiger partial charge in [0.25, 0.3) is 0 Å². The van der Waals surface area contributed by atoms with Crippen LogP contribution in [0.15, 0.2) is 54.6 Å². The van der Waals surface area contributed by atoms with Gasteiger partial charge in [0.15, 0.2) is 0 Å². The Morgan fingerprint density at radius 2 is 1.54 bits per heavy atom. The van der Waals surface area contributed by atoms with Gasteiger partial charge in [-0.05, 0) is 35.1 Å². The fourth-order valence-corrected chi connectivity index (χ4v) is 4.20. The van der Waals surface area contributed by atoms with Crippen LogP contribution in [-0.4, -0.2) is 26.2 Å². The summed E-state index contributed by atoms with van der Waals surface area (Å²) in [5.74, 6) is -0.527. The Kier molecular flexibility index (Phi) is 5.45. The lowest BCUT2D eigenvalue weighted by atomic mass is 9.88.